The SMILES string of the molecule is CCC(C)[C@H](NC(=O)c1csc2ccccc12)C(=O)O. The first kappa shape index (κ1) is 14.5. The Balaban J connectivity index is 2.25. The van der Waals surface area contributed by atoms with Crippen LogP contribution in [0.15, 0.2) is 29.6 Å². The number of nitrogens with one attached hydrogen (secondary N) is 1. The van der Waals surface area contributed by atoms with Gasteiger partial charge >= 0.3 is 5.97 Å². The number of rotatable bonds is 5. The average molecular weight is 291 g/mol. The lowest BCUT2D eigenvalue weighted by molar-refractivity contribution is -0.140. The van der Waals surface area contributed by atoms with Gasteiger partial charge in [-0.3, -0.25) is 4.79 Å². The number of benzene rings is 1. The Bertz CT molecular complexity index is 635. The normalized spacial score (nSPS) is 13.9. The van der Waals surface area contributed by atoms with Crippen LogP contribution in [-0.2, 0) is 4.79 Å². The summed E-state index contributed by atoms with van der Waals surface area (Å²) in [4.78, 5) is 23.5. The van der Waals surface area contributed by atoms with E-state index >= 15 is 0 Å². The standard InChI is InChI=1S/C15H17NO3S/c1-3-9(2)13(15(18)19)16-14(17)11-8-20-12-7-5-4-6-10(11)12/h4-9,13H,3H2,1-2H3,(H,16,17)(H,18,19)/t9?,13-/m0/s1. The molecule has 2 N–H and O–H groups in total. The van der Waals surface area contributed by atoms with Crippen molar-refractivity contribution in [1.82, 2.24) is 5.32 Å². The summed E-state index contributed by atoms with van der Waals surface area (Å²) in [7, 11) is 0. The first-order chi connectivity index (χ1) is 9.54. The highest BCUT2D eigenvalue weighted by atomic mass is 32.1. The van der Waals surface area contributed by atoms with Crippen molar-refractivity contribution < 1.29 is 14.7 Å². The van der Waals surface area contributed by atoms with Gasteiger partial charge in [0.15, 0.2) is 0 Å². The predicted molar refractivity (Wildman–Crippen MR) is 80.2 cm³/mol. The maximum Gasteiger partial charge on any atom is 0.326 e. The summed E-state index contributed by atoms with van der Waals surface area (Å²) < 4.78 is 1.02. The minimum Gasteiger partial charge on any atom is -0.480 e. The number of carboxylic acids is 1. The summed E-state index contributed by atoms with van der Waals surface area (Å²) in [6.07, 6.45) is 0.696. The van der Waals surface area contributed by atoms with Crippen molar-refractivity contribution in [2.75, 3.05) is 0 Å². The number of carbonyl (C=O) groups is 2. The Kier molecular flexibility index (Phi) is 4.39. The van der Waals surface area contributed by atoms with Crippen molar-refractivity contribution >= 4 is 33.3 Å². The largest absolute Gasteiger partial charge is 0.480 e. The maximum absolute atomic E-state index is 12.3. The molecule has 0 aliphatic carbocycles. The number of hydrogen-bond acceptors (Lipinski definition) is 3. The van der Waals surface area contributed by atoms with Crippen LogP contribution in [0.3, 0.4) is 0 Å². The van der Waals surface area contributed by atoms with E-state index < -0.39 is 12.0 Å². The summed E-state index contributed by atoms with van der Waals surface area (Å²) >= 11 is 1.48. The number of hydrogen-bond donors (Lipinski definition) is 2. The van der Waals surface area contributed by atoms with Crippen molar-refractivity contribution in [2.45, 2.75) is 26.3 Å². The van der Waals surface area contributed by atoms with E-state index in [0.717, 1.165) is 10.1 Å². The van der Waals surface area contributed by atoms with Crippen LogP contribution in [0.4, 0.5) is 0 Å². The number of thiophene rings is 1. The van der Waals surface area contributed by atoms with Crippen LogP contribution in [0.25, 0.3) is 10.1 Å². The molecule has 0 bridgehead atoms. The Morgan fingerprint density at radius 1 is 1.35 bits per heavy atom. The Morgan fingerprint density at radius 2 is 2.05 bits per heavy atom. The van der Waals surface area contributed by atoms with Crippen LogP contribution in [0, 0.1) is 5.92 Å². The van der Waals surface area contributed by atoms with Gasteiger partial charge in [-0.25, -0.2) is 4.79 Å². The van der Waals surface area contributed by atoms with Crippen LogP contribution < -0.4 is 5.32 Å². The van der Waals surface area contributed by atoms with Crippen LogP contribution in [0.5, 0.6) is 0 Å². The fraction of sp³-hybridized carbons (Fsp3) is 0.333. The van der Waals surface area contributed by atoms with E-state index in [9.17, 15) is 14.7 Å². The third-order valence-corrected chi connectivity index (χ3v) is 4.45. The highest BCUT2D eigenvalue weighted by Gasteiger charge is 2.26. The smallest absolute Gasteiger partial charge is 0.326 e. The zero-order valence-electron chi connectivity index (χ0n) is 11.4. The van der Waals surface area contributed by atoms with E-state index in [4.69, 9.17) is 0 Å². The number of fused-ring (bicyclic) bond motifs is 1. The molecule has 1 unspecified atom stereocenters. The fourth-order valence-electron chi connectivity index (χ4n) is 2.06. The van der Waals surface area contributed by atoms with Crippen molar-refractivity contribution in [3.8, 4) is 0 Å². The number of carboxylic acid groups (broad SMARTS) is 1. The summed E-state index contributed by atoms with van der Waals surface area (Å²) in [5.74, 6) is -1.43. The Morgan fingerprint density at radius 3 is 2.70 bits per heavy atom. The second kappa shape index (κ2) is 6.05. The molecule has 20 heavy (non-hydrogen) atoms. The lowest BCUT2D eigenvalue weighted by atomic mass is 9.99. The predicted octanol–water partition coefficient (Wildman–Crippen LogP) is 3.13. The van der Waals surface area contributed by atoms with Crippen LogP contribution in [0.1, 0.15) is 30.6 Å². The van der Waals surface area contributed by atoms with Gasteiger partial charge in [-0.05, 0) is 12.0 Å². The second-order valence-corrected chi connectivity index (χ2v) is 5.73. The third kappa shape index (κ3) is 2.82. The molecule has 0 aliphatic rings. The van der Waals surface area contributed by atoms with E-state index in [1.165, 1.54) is 11.3 Å². The van der Waals surface area contributed by atoms with E-state index in [1.54, 1.807) is 5.38 Å². The molecule has 0 spiro atoms. The molecule has 1 heterocycles. The van der Waals surface area contributed by atoms with E-state index in [1.807, 2.05) is 38.1 Å². The van der Waals surface area contributed by atoms with Crippen LogP contribution in [-0.4, -0.2) is 23.0 Å². The lowest BCUT2D eigenvalue weighted by Crippen LogP contribution is -2.44. The lowest BCUT2D eigenvalue weighted by Gasteiger charge is -2.19. The molecule has 2 aromatic rings. The molecular formula is C15H17NO3S. The van der Waals surface area contributed by atoms with Gasteiger partial charge in [-0.15, -0.1) is 11.3 Å². The number of aliphatic carboxylic acids is 1. The molecule has 5 heteroatoms. The molecule has 1 aromatic heterocycles. The summed E-state index contributed by atoms with van der Waals surface area (Å²) in [5.41, 5.74) is 0.542. The van der Waals surface area contributed by atoms with Gasteiger partial charge < -0.3 is 10.4 Å². The molecule has 0 aliphatic heterocycles. The van der Waals surface area contributed by atoms with Crippen LogP contribution >= 0.6 is 11.3 Å². The van der Waals surface area contributed by atoms with Crippen molar-refractivity contribution in [3.05, 3.63) is 35.2 Å². The Labute approximate surface area is 121 Å². The second-order valence-electron chi connectivity index (χ2n) is 4.82. The van der Waals surface area contributed by atoms with Gasteiger partial charge in [0.1, 0.15) is 6.04 Å². The van der Waals surface area contributed by atoms with Crippen molar-refractivity contribution in [2.24, 2.45) is 5.92 Å². The monoisotopic (exact) mass is 291 g/mol. The molecule has 1 amide bonds. The summed E-state index contributed by atoms with van der Waals surface area (Å²) in [6.45, 7) is 3.73. The van der Waals surface area contributed by atoms with Gasteiger partial charge in [0, 0.05) is 15.5 Å². The molecule has 0 saturated heterocycles. The van der Waals surface area contributed by atoms with E-state index in [-0.39, 0.29) is 11.8 Å². The first-order valence-electron chi connectivity index (χ1n) is 6.54. The first-order valence-corrected chi connectivity index (χ1v) is 7.42. The third-order valence-electron chi connectivity index (χ3n) is 3.49. The molecule has 106 valence electrons. The molecule has 0 fully saturated rings. The molecule has 0 saturated carbocycles. The fourth-order valence-corrected chi connectivity index (χ4v) is 3.00. The number of amides is 1. The summed E-state index contributed by atoms with van der Waals surface area (Å²) in [5, 5.41) is 14.5. The molecule has 0 radical (unpaired) electrons. The van der Waals surface area contributed by atoms with Crippen molar-refractivity contribution in [3.63, 3.8) is 0 Å². The van der Waals surface area contributed by atoms with Crippen LogP contribution in [0.2, 0.25) is 0 Å². The molecule has 4 nitrogen and oxygen atoms in total. The average Bonchev–Trinajstić information content (AvgIpc) is 2.87. The van der Waals surface area contributed by atoms with Crippen molar-refractivity contribution in [1.29, 1.82) is 0 Å². The highest BCUT2D eigenvalue weighted by Crippen LogP contribution is 2.25. The Hall–Kier alpha value is -1.88. The van der Waals surface area contributed by atoms with Gasteiger partial charge in [0.05, 0.1) is 5.56 Å². The van der Waals surface area contributed by atoms with Gasteiger partial charge in [-0.1, -0.05) is 38.5 Å². The highest BCUT2D eigenvalue weighted by molar-refractivity contribution is 7.17. The number of carbonyl (C=O) groups excluding carboxylic acids is 1. The minimum atomic E-state index is -0.993. The topological polar surface area (TPSA) is 66.4 Å². The van der Waals surface area contributed by atoms with E-state index in [0.29, 0.717) is 12.0 Å². The summed E-state index contributed by atoms with van der Waals surface area (Å²) in [6, 6.07) is 6.75. The molecule has 1 aromatic carbocycles. The van der Waals surface area contributed by atoms with Gasteiger partial charge in [0.2, 0.25) is 0 Å². The van der Waals surface area contributed by atoms with Gasteiger partial charge in [0.25, 0.3) is 5.91 Å². The van der Waals surface area contributed by atoms with E-state index in [2.05, 4.69) is 5.32 Å². The molecule has 2 rings (SSSR count). The quantitative estimate of drug-likeness (QED) is 0.889. The molecular weight excluding hydrogens is 274 g/mol. The zero-order valence-corrected chi connectivity index (χ0v) is 12.2. The zero-order chi connectivity index (χ0) is 14.7. The molecule has 2 atom stereocenters. The van der Waals surface area contributed by atoms with Gasteiger partial charge in [-0.2, -0.15) is 0 Å². The maximum atomic E-state index is 12.3. The minimum absolute atomic E-state index is 0.110.